The molecular formula is C18H25N3O5S. The van der Waals surface area contributed by atoms with Gasteiger partial charge in [0, 0.05) is 6.07 Å². The van der Waals surface area contributed by atoms with Crippen LogP contribution in [0, 0.1) is 6.92 Å². The van der Waals surface area contributed by atoms with E-state index in [-0.39, 0.29) is 30.7 Å². The van der Waals surface area contributed by atoms with E-state index < -0.39 is 0 Å². The van der Waals surface area contributed by atoms with E-state index in [2.05, 4.69) is 10.3 Å². The number of rotatable bonds is 9. The standard InChI is InChI=1S/C18H25N3O5S/c1-11-19-14-8-16(26-3)15(25-2)7-13(14)18(24)21(11)9-17(23)20-12(10-22)5-6-27-4/h7-8,12,22H,5-6,9-10H2,1-4H3,(H,20,23)/t12-/m1/s1. The Kier molecular flexibility index (Phi) is 7.49. The van der Waals surface area contributed by atoms with Crippen molar-refractivity contribution in [2.45, 2.75) is 25.9 Å². The van der Waals surface area contributed by atoms with Crippen molar-refractivity contribution in [3.63, 3.8) is 0 Å². The number of hydrogen-bond acceptors (Lipinski definition) is 7. The number of aliphatic hydroxyl groups is 1. The van der Waals surface area contributed by atoms with Gasteiger partial charge in [-0.25, -0.2) is 4.98 Å². The fraction of sp³-hybridized carbons (Fsp3) is 0.500. The van der Waals surface area contributed by atoms with Crippen molar-refractivity contribution in [3.05, 3.63) is 28.3 Å². The SMILES string of the molecule is COc1cc2nc(C)n(CC(=O)N[C@@H](CO)CCSC)c(=O)c2cc1OC. The molecule has 27 heavy (non-hydrogen) atoms. The van der Waals surface area contributed by atoms with E-state index in [0.29, 0.717) is 34.6 Å². The van der Waals surface area contributed by atoms with Gasteiger partial charge < -0.3 is 19.9 Å². The first-order valence-electron chi connectivity index (χ1n) is 8.47. The lowest BCUT2D eigenvalue weighted by Gasteiger charge is -2.17. The Morgan fingerprint density at radius 3 is 2.59 bits per heavy atom. The van der Waals surface area contributed by atoms with Crippen molar-refractivity contribution < 1.29 is 19.4 Å². The minimum atomic E-state index is -0.345. The Hall–Kier alpha value is -2.26. The third-order valence-corrected chi connectivity index (χ3v) is 4.85. The van der Waals surface area contributed by atoms with Gasteiger partial charge in [-0.2, -0.15) is 11.8 Å². The number of hydrogen-bond donors (Lipinski definition) is 2. The second kappa shape index (κ2) is 9.61. The highest BCUT2D eigenvalue weighted by atomic mass is 32.2. The van der Waals surface area contributed by atoms with E-state index in [1.807, 2.05) is 6.26 Å². The average molecular weight is 395 g/mol. The first-order chi connectivity index (χ1) is 12.9. The number of benzene rings is 1. The maximum atomic E-state index is 12.9. The molecule has 8 nitrogen and oxygen atoms in total. The van der Waals surface area contributed by atoms with Gasteiger partial charge in [-0.3, -0.25) is 14.2 Å². The van der Waals surface area contributed by atoms with E-state index in [0.717, 1.165) is 5.75 Å². The summed E-state index contributed by atoms with van der Waals surface area (Å²) in [5, 5.41) is 12.5. The summed E-state index contributed by atoms with van der Waals surface area (Å²) in [5.41, 5.74) is 0.137. The third-order valence-electron chi connectivity index (χ3n) is 4.21. The monoisotopic (exact) mass is 395 g/mol. The number of aryl methyl sites for hydroxylation is 1. The zero-order chi connectivity index (χ0) is 20.0. The Labute approximate surface area is 161 Å². The van der Waals surface area contributed by atoms with Gasteiger partial charge in [-0.1, -0.05) is 0 Å². The zero-order valence-electron chi connectivity index (χ0n) is 15.9. The van der Waals surface area contributed by atoms with Gasteiger partial charge >= 0.3 is 0 Å². The zero-order valence-corrected chi connectivity index (χ0v) is 16.8. The highest BCUT2D eigenvalue weighted by Gasteiger charge is 2.17. The number of methoxy groups -OCH3 is 2. The van der Waals surface area contributed by atoms with Crippen LogP contribution in [0.2, 0.25) is 0 Å². The molecule has 0 fully saturated rings. The average Bonchev–Trinajstić information content (AvgIpc) is 2.67. The number of fused-ring (bicyclic) bond motifs is 1. The van der Waals surface area contributed by atoms with Crippen LogP contribution >= 0.6 is 11.8 Å². The van der Waals surface area contributed by atoms with E-state index in [1.165, 1.54) is 18.8 Å². The number of carbonyl (C=O) groups is 1. The lowest BCUT2D eigenvalue weighted by molar-refractivity contribution is -0.122. The first kappa shape index (κ1) is 21.0. The van der Waals surface area contributed by atoms with Gasteiger partial charge in [0.05, 0.1) is 37.8 Å². The Balaban J connectivity index is 2.33. The van der Waals surface area contributed by atoms with Crippen LogP contribution in [-0.4, -0.2) is 59.4 Å². The number of thioether (sulfide) groups is 1. The molecule has 148 valence electrons. The summed E-state index contributed by atoms with van der Waals surface area (Å²) < 4.78 is 11.8. The second-order valence-electron chi connectivity index (χ2n) is 6.00. The smallest absolute Gasteiger partial charge is 0.262 e. The van der Waals surface area contributed by atoms with Crippen molar-refractivity contribution in [2.75, 3.05) is 32.8 Å². The summed E-state index contributed by atoms with van der Waals surface area (Å²) >= 11 is 1.64. The van der Waals surface area contributed by atoms with Crippen LogP contribution in [0.15, 0.2) is 16.9 Å². The fourth-order valence-electron chi connectivity index (χ4n) is 2.73. The lowest BCUT2D eigenvalue weighted by atomic mass is 10.2. The molecule has 0 aliphatic heterocycles. The molecule has 2 N–H and O–H groups in total. The van der Waals surface area contributed by atoms with Crippen LogP contribution in [0.25, 0.3) is 10.9 Å². The number of aromatic nitrogens is 2. The van der Waals surface area contributed by atoms with Crippen LogP contribution in [0.1, 0.15) is 12.2 Å². The molecule has 0 aliphatic carbocycles. The first-order valence-corrected chi connectivity index (χ1v) is 9.86. The quantitative estimate of drug-likeness (QED) is 0.652. The molecule has 2 rings (SSSR count). The number of ether oxygens (including phenoxy) is 2. The van der Waals surface area contributed by atoms with Crippen LogP contribution < -0.4 is 20.3 Å². The minimum Gasteiger partial charge on any atom is -0.493 e. The fourth-order valence-corrected chi connectivity index (χ4v) is 3.25. The van der Waals surface area contributed by atoms with Crippen molar-refractivity contribution in [1.82, 2.24) is 14.9 Å². The maximum absolute atomic E-state index is 12.9. The van der Waals surface area contributed by atoms with Gasteiger partial charge in [0.25, 0.3) is 5.56 Å². The topological polar surface area (TPSA) is 103 Å². The van der Waals surface area contributed by atoms with Crippen molar-refractivity contribution in [1.29, 1.82) is 0 Å². The largest absolute Gasteiger partial charge is 0.493 e. The van der Waals surface area contributed by atoms with Gasteiger partial charge in [0.1, 0.15) is 12.4 Å². The molecule has 2 aromatic rings. The van der Waals surface area contributed by atoms with E-state index in [4.69, 9.17) is 9.47 Å². The second-order valence-corrected chi connectivity index (χ2v) is 6.99. The van der Waals surface area contributed by atoms with Crippen molar-refractivity contribution >= 4 is 28.6 Å². The molecule has 0 saturated heterocycles. The molecule has 9 heteroatoms. The molecule has 1 atom stereocenters. The highest BCUT2D eigenvalue weighted by Crippen LogP contribution is 2.30. The predicted molar refractivity (Wildman–Crippen MR) is 106 cm³/mol. The number of nitrogens with zero attached hydrogens (tertiary/aromatic N) is 2. The molecule has 1 heterocycles. The van der Waals surface area contributed by atoms with Gasteiger partial charge in [0.15, 0.2) is 11.5 Å². The summed E-state index contributed by atoms with van der Waals surface area (Å²) in [6.07, 6.45) is 2.62. The Bertz CT molecular complexity index is 868. The van der Waals surface area contributed by atoms with Crippen molar-refractivity contribution in [3.8, 4) is 11.5 Å². The molecule has 1 amide bonds. The highest BCUT2D eigenvalue weighted by molar-refractivity contribution is 7.98. The summed E-state index contributed by atoms with van der Waals surface area (Å²) in [5.74, 6) is 1.79. The molecule has 1 aromatic carbocycles. The molecule has 1 aromatic heterocycles. The van der Waals surface area contributed by atoms with E-state index >= 15 is 0 Å². The number of nitrogens with one attached hydrogen (secondary N) is 1. The van der Waals surface area contributed by atoms with Gasteiger partial charge in [0.2, 0.25) is 5.91 Å². The molecule has 0 spiro atoms. The molecular weight excluding hydrogens is 370 g/mol. The number of aliphatic hydroxyl groups excluding tert-OH is 1. The number of carbonyl (C=O) groups excluding carboxylic acids is 1. The Morgan fingerprint density at radius 2 is 2.00 bits per heavy atom. The molecule has 0 bridgehead atoms. The number of amides is 1. The summed E-state index contributed by atoms with van der Waals surface area (Å²) in [6.45, 7) is 1.35. The van der Waals surface area contributed by atoms with Crippen LogP contribution in [0.3, 0.4) is 0 Å². The van der Waals surface area contributed by atoms with E-state index in [9.17, 15) is 14.7 Å². The summed E-state index contributed by atoms with van der Waals surface area (Å²) in [7, 11) is 3.00. The molecule has 0 radical (unpaired) electrons. The van der Waals surface area contributed by atoms with Crippen LogP contribution in [0.4, 0.5) is 0 Å². The van der Waals surface area contributed by atoms with Crippen LogP contribution in [0.5, 0.6) is 11.5 Å². The summed E-state index contributed by atoms with van der Waals surface area (Å²) in [4.78, 5) is 29.6. The van der Waals surface area contributed by atoms with Gasteiger partial charge in [-0.05, 0) is 31.4 Å². The summed E-state index contributed by atoms with van der Waals surface area (Å²) in [6, 6.07) is 2.86. The predicted octanol–water partition coefficient (Wildman–Crippen LogP) is 0.952. The van der Waals surface area contributed by atoms with Gasteiger partial charge in [-0.15, -0.1) is 0 Å². The van der Waals surface area contributed by atoms with Crippen molar-refractivity contribution in [2.24, 2.45) is 0 Å². The minimum absolute atomic E-state index is 0.146. The lowest BCUT2D eigenvalue weighted by Crippen LogP contribution is -2.41. The maximum Gasteiger partial charge on any atom is 0.262 e. The third kappa shape index (κ3) is 4.92. The Morgan fingerprint density at radius 1 is 1.33 bits per heavy atom. The normalized spacial score (nSPS) is 12.0. The van der Waals surface area contributed by atoms with Crippen LogP contribution in [-0.2, 0) is 11.3 Å². The molecule has 0 aliphatic rings. The molecule has 0 saturated carbocycles. The molecule has 0 unspecified atom stereocenters. The van der Waals surface area contributed by atoms with E-state index in [1.54, 1.807) is 30.8 Å².